The van der Waals surface area contributed by atoms with E-state index in [1.165, 1.54) is 6.42 Å². The van der Waals surface area contributed by atoms with E-state index >= 15 is 0 Å². The van der Waals surface area contributed by atoms with Crippen molar-refractivity contribution in [3.05, 3.63) is 28.2 Å². The molecule has 4 nitrogen and oxygen atoms in total. The molecule has 1 aromatic carbocycles. The van der Waals surface area contributed by atoms with Crippen molar-refractivity contribution in [2.45, 2.75) is 44.6 Å². The third-order valence-corrected chi connectivity index (χ3v) is 4.46. The maximum absolute atomic E-state index is 12.6. The van der Waals surface area contributed by atoms with Gasteiger partial charge in [0.25, 0.3) is 0 Å². The Balaban J connectivity index is 2.08. The standard InChI is InChI=1S/C16H19Cl2N3O/c17-12-7-8-15(14(18)11-12)20-16(22)21(10-4-9-19)13-5-2-1-3-6-13/h7-8,11,13H,1-6,10H2,(H,20,22). The Hall–Kier alpha value is -1.44. The molecule has 1 aliphatic rings. The number of rotatable bonds is 4. The molecule has 1 aromatic rings. The monoisotopic (exact) mass is 339 g/mol. The maximum Gasteiger partial charge on any atom is 0.322 e. The highest BCUT2D eigenvalue weighted by Crippen LogP contribution is 2.27. The van der Waals surface area contributed by atoms with E-state index < -0.39 is 0 Å². The molecule has 0 atom stereocenters. The Morgan fingerprint density at radius 2 is 2.05 bits per heavy atom. The minimum Gasteiger partial charge on any atom is -0.321 e. The minimum atomic E-state index is -0.202. The van der Waals surface area contributed by atoms with Crippen LogP contribution < -0.4 is 5.32 Å². The lowest BCUT2D eigenvalue weighted by atomic mass is 9.94. The molecule has 0 spiro atoms. The van der Waals surface area contributed by atoms with Crippen LogP contribution in [0.15, 0.2) is 18.2 Å². The highest BCUT2D eigenvalue weighted by atomic mass is 35.5. The number of nitriles is 1. The number of carbonyl (C=O) groups is 1. The number of benzene rings is 1. The van der Waals surface area contributed by atoms with E-state index in [0.29, 0.717) is 28.7 Å². The van der Waals surface area contributed by atoms with Gasteiger partial charge in [-0.3, -0.25) is 0 Å². The number of carbonyl (C=O) groups excluding carboxylic acids is 1. The number of nitrogens with one attached hydrogen (secondary N) is 1. The lowest BCUT2D eigenvalue weighted by molar-refractivity contribution is 0.169. The van der Waals surface area contributed by atoms with Crippen molar-refractivity contribution in [1.82, 2.24) is 4.90 Å². The van der Waals surface area contributed by atoms with Crippen LogP contribution in [-0.2, 0) is 0 Å². The molecule has 2 amide bonds. The highest BCUT2D eigenvalue weighted by molar-refractivity contribution is 6.36. The van der Waals surface area contributed by atoms with Gasteiger partial charge >= 0.3 is 6.03 Å². The van der Waals surface area contributed by atoms with Crippen LogP contribution >= 0.6 is 23.2 Å². The van der Waals surface area contributed by atoms with Gasteiger partial charge in [0, 0.05) is 17.6 Å². The van der Waals surface area contributed by atoms with Gasteiger partial charge in [0.15, 0.2) is 0 Å². The first-order valence-electron chi connectivity index (χ1n) is 7.51. The number of amides is 2. The summed E-state index contributed by atoms with van der Waals surface area (Å²) in [6.07, 6.45) is 5.79. The van der Waals surface area contributed by atoms with Crippen LogP contribution in [0.1, 0.15) is 38.5 Å². The summed E-state index contributed by atoms with van der Waals surface area (Å²) in [7, 11) is 0. The molecule has 1 saturated carbocycles. The molecule has 0 heterocycles. The van der Waals surface area contributed by atoms with E-state index in [-0.39, 0.29) is 12.1 Å². The molecule has 0 unspecified atom stereocenters. The van der Waals surface area contributed by atoms with Gasteiger partial charge in [-0.2, -0.15) is 5.26 Å². The molecule has 2 rings (SSSR count). The second-order valence-electron chi connectivity index (χ2n) is 5.45. The number of nitrogens with zero attached hydrogens (tertiary/aromatic N) is 2. The largest absolute Gasteiger partial charge is 0.322 e. The van der Waals surface area contributed by atoms with Crippen LogP contribution in [0.4, 0.5) is 10.5 Å². The average molecular weight is 340 g/mol. The van der Waals surface area contributed by atoms with Gasteiger partial charge in [0.05, 0.1) is 23.2 Å². The predicted molar refractivity (Wildman–Crippen MR) is 89.3 cm³/mol. The molecule has 0 aromatic heterocycles. The zero-order valence-electron chi connectivity index (χ0n) is 12.3. The van der Waals surface area contributed by atoms with Crippen molar-refractivity contribution in [2.24, 2.45) is 0 Å². The van der Waals surface area contributed by atoms with Gasteiger partial charge in [0.1, 0.15) is 0 Å². The van der Waals surface area contributed by atoms with Crippen molar-refractivity contribution >= 4 is 34.9 Å². The zero-order valence-corrected chi connectivity index (χ0v) is 13.8. The summed E-state index contributed by atoms with van der Waals surface area (Å²) >= 11 is 12.0. The van der Waals surface area contributed by atoms with E-state index in [0.717, 1.165) is 25.7 Å². The Labute approximate surface area is 141 Å². The molecule has 118 valence electrons. The first kappa shape index (κ1) is 16.9. The smallest absolute Gasteiger partial charge is 0.321 e. The van der Waals surface area contributed by atoms with Gasteiger partial charge in [-0.15, -0.1) is 0 Å². The number of urea groups is 1. The zero-order chi connectivity index (χ0) is 15.9. The molecule has 0 bridgehead atoms. The quantitative estimate of drug-likeness (QED) is 0.831. The molecule has 1 N–H and O–H groups in total. The molecule has 0 radical (unpaired) electrons. The van der Waals surface area contributed by atoms with Gasteiger partial charge in [-0.25, -0.2) is 4.79 Å². The van der Waals surface area contributed by atoms with E-state index in [1.807, 2.05) is 0 Å². The Morgan fingerprint density at radius 1 is 1.32 bits per heavy atom. The summed E-state index contributed by atoms with van der Waals surface area (Å²) in [4.78, 5) is 14.3. The van der Waals surface area contributed by atoms with Crippen LogP contribution in [0, 0.1) is 11.3 Å². The van der Waals surface area contributed by atoms with Crippen molar-refractivity contribution in [3.63, 3.8) is 0 Å². The van der Waals surface area contributed by atoms with E-state index in [4.69, 9.17) is 28.5 Å². The molecular weight excluding hydrogens is 321 g/mol. The molecule has 0 saturated heterocycles. The molecule has 1 aliphatic carbocycles. The average Bonchev–Trinajstić information content (AvgIpc) is 2.51. The lowest BCUT2D eigenvalue weighted by Crippen LogP contribution is -2.44. The SMILES string of the molecule is N#CCCN(C(=O)Nc1ccc(Cl)cc1Cl)C1CCCCC1. The van der Waals surface area contributed by atoms with Crippen LogP contribution in [-0.4, -0.2) is 23.5 Å². The summed E-state index contributed by atoms with van der Waals surface area (Å²) in [5.74, 6) is 0. The summed E-state index contributed by atoms with van der Waals surface area (Å²) in [6.45, 7) is 0.443. The van der Waals surface area contributed by atoms with Crippen molar-refractivity contribution < 1.29 is 4.79 Å². The van der Waals surface area contributed by atoms with Crippen LogP contribution in [0.3, 0.4) is 0 Å². The fourth-order valence-electron chi connectivity index (χ4n) is 2.79. The Morgan fingerprint density at radius 3 is 2.68 bits per heavy atom. The minimum absolute atomic E-state index is 0.202. The van der Waals surface area contributed by atoms with E-state index in [9.17, 15) is 4.79 Å². The fourth-order valence-corrected chi connectivity index (χ4v) is 3.25. The molecule has 6 heteroatoms. The third kappa shape index (κ3) is 4.53. The van der Waals surface area contributed by atoms with Crippen molar-refractivity contribution in [1.29, 1.82) is 5.26 Å². The second-order valence-corrected chi connectivity index (χ2v) is 6.29. The summed E-state index contributed by atoms with van der Waals surface area (Å²) in [5, 5.41) is 12.6. The van der Waals surface area contributed by atoms with Crippen LogP contribution in [0.2, 0.25) is 10.0 Å². The van der Waals surface area contributed by atoms with Gasteiger partial charge in [0.2, 0.25) is 0 Å². The molecule has 0 aliphatic heterocycles. The van der Waals surface area contributed by atoms with Gasteiger partial charge < -0.3 is 10.2 Å². The number of hydrogen-bond acceptors (Lipinski definition) is 2. The van der Waals surface area contributed by atoms with Gasteiger partial charge in [-0.05, 0) is 31.0 Å². The number of anilines is 1. The van der Waals surface area contributed by atoms with Crippen molar-refractivity contribution in [2.75, 3.05) is 11.9 Å². The first-order valence-corrected chi connectivity index (χ1v) is 8.27. The Kier molecular flexibility index (Phi) is 6.35. The van der Waals surface area contributed by atoms with Gasteiger partial charge in [-0.1, -0.05) is 42.5 Å². The fraction of sp³-hybridized carbons (Fsp3) is 0.500. The third-order valence-electron chi connectivity index (χ3n) is 3.91. The van der Waals surface area contributed by atoms with E-state index in [2.05, 4.69) is 11.4 Å². The Bertz CT molecular complexity index is 565. The summed E-state index contributed by atoms with van der Waals surface area (Å²) in [6, 6.07) is 7.08. The maximum atomic E-state index is 12.6. The first-order chi connectivity index (χ1) is 10.6. The highest BCUT2D eigenvalue weighted by Gasteiger charge is 2.25. The number of halogens is 2. The topological polar surface area (TPSA) is 56.1 Å². The molecular formula is C16H19Cl2N3O. The summed E-state index contributed by atoms with van der Waals surface area (Å²) in [5.41, 5.74) is 0.536. The normalized spacial score (nSPS) is 15.1. The molecule has 22 heavy (non-hydrogen) atoms. The molecule has 1 fully saturated rings. The van der Waals surface area contributed by atoms with Crippen LogP contribution in [0.5, 0.6) is 0 Å². The lowest BCUT2D eigenvalue weighted by Gasteiger charge is -2.34. The van der Waals surface area contributed by atoms with E-state index in [1.54, 1.807) is 23.1 Å². The van der Waals surface area contributed by atoms with Crippen LogP contribution in [0.25, 0.3) is 0 Å². The predicted octanol–water partition coefficient (Wildman–Crippen LogP) is 5.07. The van der Waals surface area contributed by atoms with Crippen molar-refractivity contribution in [3.8, 4) is 6.07 Å². The number of hydrogen-bond donors (Lipinski definition) is 1. The second kappa shape index (κ2) is 8.26. The summed E-state index contributed by atoms with van der Waals surface area (Å²) < 4.78 is 0.